The van der Waals surface area contributed by atoms with Crippen LogP contribution in [-0.4, -0.2) is 75.7 Å². The first-order valence-corrected chi connectivity index (χ1v) is 10.6. The molecule has 0 aliphatic heterocycles. The Morgan fingerprint density at radius 1 is 0.694 bits per heavy atom. The molecule has 0 fully saturated rings. The van der Waals surface area contributed by atoms with Crippen LogP contribution in [0, 0.1) is 11.8 Å². The van der Waals surface area contributed by atoms with Crippen molar-refractivity contribution in [3.05, 3.63) is 69.8 Å². The van der Waals surface area contributed by atoms with Crippen LogP contribution in [0.3, 0.4) is 0 Å². The number of aliphatic hydroxyl groups is 2. The van der Waals surface area contributed by atoms with Crippen molar-refractivity contribution in [2.24, 2.45) is 0 Å². The SMILES string of the molecule is COC(=O)c1ccc(C#CCO)cc1C(=O)OC.COC(=O)c1ccc(CCCO)cc1C(=O)OC. The second-order valence-electron chi connectivity index (χ2n) is 6.89. The van der Waals surface area contributed by atoms with Gasteiger partial charge >= 0.3 is 23.9 Å². The molecule has 10 nitrogen and oxygen atoms in total. The molecule has 0 radical (unpaired) electrons. The number of hydrogen-bond donors (Lipinski definition) is 2. The number of aryl methyl sites for hydroxylation is 1. The molecule has 36 heavy (non-hydrogen) atoms. The van der Waals surface area contributed by atoms with Gasteiger partial charge in [-0.2, -0.15) is 0 Å². The number of benzene rings is 2. The van der Waals surface area contributed by atoms with Gasteiger partial charge in [0.05, 0.1) is 50.7 Å². The lowest BCUT2D eigenvalue weighted by molar-refractivity contribution is 0.0555. The number of rotatable bonds is 7. The molecule has 0 unspecified atom stereocenters. The maximum Gasteiger partial charge on any atom is 0.338 e. The fourth-order valence-corrected chi connectivity index (χ4v) is 2.93. The van der Waals surface area contributed by atoms with E-state index in [9.17, 15) is 19.2 Å². The van der Waals surface area contributed by atoms with Gasteiger partial charge in [-0.05, 0) is 48.7 Å². The molecule has 192 valence electrons. The molecule has 2 aromatic carbocycles. The number of aliphatic hydroxyl groups excluding tert-OH is 2. The van der Waals surface area contributed by atoms with Gasteiger partial charge in [0.2, 0.25) is 0 Å². The van der Waals surface area contributed by atoms with Crippen LogP contribution in [0.4, 0.5) is 0 Å². The lowest BCUT2D eigenvalue weighted by Crippen LogP contribution is -2.12. The second-order valence-corrected chi connectivity index (χ2v) is 6.89. The molecule has 0 spiro atoms. The number of hydrogen-bond acceptors (Lipinski definition) is 10. The molecule has 0 atom stereocenters. The van der Waals surface area contributed by atoms with Crippen LogP contribution in [0.25, 0.3) is 0 Å². The highest BCUT2D eigenvalue weighted by Gasteiger charge is 2.19. The molecular weight excluding hydrogens is 472 g/mol. The van der Waals surface area contributed by atoms with E-state index in [4.69, 9.17) is 10.2 Å². The van der Waals surface area contributed by atoms with Crippen LogP contribution in [0.2, 0.25) is 0 Å². The van der Waals surface area contributed by atoms with Crippen molar-refractivity contribution < 1.29 is 48.3 Å². The quantitative estimate of drug-likeness (QED) is 0.328. The van der Waals surface area contributed by atoms with Crippen LogP contribution in [0.1, 0.15) is 59.0 Å². The van der Waals surface area contributed by atoms with Gasteiger partial charge in [-0.1, -0.05) is 17.9 Å². The third-order valence-electron chi connectivity index (χ3n) is 4.66. The number of carbonyl (C=O) groups is 4. The monoisotopic (exact) mass is 500 g/mol. The minimum absolute atomic E-state index is 0.0757. The Morgan fingerprint density at radius 3 is 1.64 bits per heavy atom. The summed E-state index contributed by atoms with van der Waals surface area (Å²) in [4.78, 5) is 46.1. The van der Waals surface area contributed by atoms with Crippen molar-refractivity contribution in [1.29, 1.82) is 0 Å². The Hall–Kier alpha value is -4.20. The van der Waals surface area contributed by atoms with Gasteiger partial charge in [-0.15, -0.1) is 0 Å². The highest BCUT2D eigenvalue weighted by atomic mass is 16.5. The van der Waals surface area contributed by atoms with Crippen molar-refractivity contribution in [2.45, 2.75) is 12.8 Å². The molecule has 0 saturated heterocycles. The van der Waals surface area contributed by atoms with Gasteiger partial charge in [0.1, 0.15) is 6.61 Å². The summed E-state index contributed by atoms with van der Waals surface area (Å²) >= 11 is 0. The van der Waals surface area contributed by atoms with Crippen LogP contribution >= 0.6 is 0 Å². The first-order chi connectivity index (χ1) is 17.3. The van der Waals surface area contributed by atoms with E-state index in [0.717, 1.165) is 5.56 Å². The normalized spacial score (nSPS) is 9.50. The summed E-state index contributed by atoms with van der Waals surface area (Å²) in [5.74, 6) is 2.65. The Labute approximate surface area is 208 Å². The van der Waals surface area contributed by atoms with Gasteiger partial charge in [0.15, 0.2) is 0 Å². The van der Waals surface area contributed by atoms with Crippen molar-refractivity contribution in [1.82, 2.24) is 0 Å². The van der Waals surface area contributed by atoms with E-state index in [1.165, 1.54) is 46.6 Å². The molecule has 0 aromatic heterocycles. The number of methoxy groups -OCH3 is 4. The van der Waals surface area contributed by atoms with Crippen molar-refractivity contribution in [2.75, 3.05) is 41.7 Å². The lowest BCUT2D eigenvalue weighted by Gasteiger charge is -2.08. The molecule has 0 heterocycles. The van der Waals surface area contributed by atoms with Crippen LogP contribution in [0.15, 0.2) is 36.4 Å². The topological polar surface area (TPSA) is 146 Å². The number of esters is 4. The van der Waals surface area contributed by atoms with Gasteiger partial charge in [0, 0.05) is 12.2 Å². The molecule has 0 aliphatic carbocycles. The Balaban J connectivity index is 0.000000360. The smallest absolute Gasteiger partial charge is 0.338 e. The largest absolute Gasteiger partial charge is 0.465 e. The summed E-state index contributed by atoms with van der Waals surface area (Å²) in [5.41, 5.74) is 1.90. The fraction of sp³-hybridized carbons (Fsp3) is 0.308. The third kappa shape index (κ3) is 8.54. The van der Waals surface area contributed by atoms with Crippen LogP contribution in [0.5, 0.6) is 0 Å². The average Bonchev–Trinajstić information content (AvgIpc) is 2.93. The highest BCUT2D eigenvalue weighted by Crippen LogP contribution is 2.16. The minimum atomic E-state index is -0.650. The molecule has 0 saturated carbocycles. The molecule has 0 bridgehead atoms. The predicted molar refractivity (Wildman–Crippen MR) is 128 cm³/mol. The standard InChI is InChI=1S/C13H16O5.C13H12O5/c2*1-17-12(15)10-6-5-9(4-3-7-14)8-11(10)13(16)18-2/h5-6,8,14H,3-4,7H2,1-2H3;5-6,8,14H,7H2,1-2H3. The first kappa shape index (κ1) is 29.8. The van der Waals surface area contributed by atoms with E-state index in [1.807, 2.05) is 0 Å². The van der Waals surface area contributed by atoms with Crippen LogP contribution < -0.4 is 0 Å². The summed E-state index contributed by atoms with van der Waals surface area (Å²) in [6.45, 7) is -0.210. The zero-order valence-electron chi connectivity index (χ0n) is 20.5. The van der Waals surface area contributed by atoms with E-state index in [0.29, 0.717) is 18.4 Å². The second kappa shape index (κ2) is 15.7. The Morgan fingerprint density at radius 2 is 1.17 bits per heavy atom. The maximum absolute atomic E-state index is 11.6. The predicted octanol–water partition coefficient (Wildman–Crippen LogP) is 1.79. The molecule has 0 amide bonds. The van der Waals surface area contributed by atoms with Gasteiger partial charge in [-0.3, -0.25) is 0 Å². The first-order valence-electron chi connectivity index (χ1n) is 10.6. The molecule has 10 heteroatoms. The van der Waals surface area contributed by atoms with Gasteiger partial charge < -0.3 is 29.2 Å². The summed E-state index contributed by atoms with van der Waals surface area (Å²) in [5, 5.41) is 17.4. The van der Waals surface area contributed by atoms with Crippen LogP contribution in [-0.2, 0) is 25.4 Å². The van der Waals surface area contributed by atoms with Crippen molar-refractivity contribution in [3.63, 3.8) is 0 Å². The van der Waals surface area contributed by atoms with E-state index in [2.05, 4.69) is 30.8 Å². The summed E-state index contributed by atoms with van der Waals surface area (Å²) < 4.78 is 18.4. The molecular formula is C26H28O10. The molecule has 2 aromatic rings. The molecule has 2 rings (SSSR count). The summed E-state index contributed by atoms with van der Waals surface area (Å²) in [6.07, 6.45) is 1.22. The van der Waals surface area contributed by atoms with E-state index in [1.54, 1.807) is 18.2 Å². The minimum Gasteiger partial charge on any atom is -0.465 e. The summed E-state index contributed by atoms with van der Waals surface area (Å²) in [7, 11) is 4.95. The average molecular weight is 501 g/mol. The number of ether oxygens (including phenoxy) is 4. The van der Waals surface area contributed by atoms with E-state index < -0.39 is 23.9 Å². The Kier molecular flexibility index (Phi) is 13.0. The van der Waals surface area contributed by atoms with Crippen molar-refractivity contribution in [3.8, 4) is 11.8 Å². The fourth-order valence-electron chi connectivity index (χ4n) is 2.93. The van der Waals surface area contributed by atoms with E-state index in [-0.39, 0.29) is 35.5 Å². The zero-order chi connectivity index (χ0) is 27.1. The summed E-state index contributed by atoms with van der Waals surface area (Å²) in [6, 6.07) is 9.26. The molecule has 2 N–H and O–H groups in total. The molecule has 0 aliphatic rings. The van der Waals surface area contributed by atoms with Crippen molar-refractivity contribution >= 4 is 23.9 Å². The number of carbonyl (C=O) groups excluding carboxylic acids is 4. The highest BCUT2D eigenvalue weighted by molar-refractivity contribution is 6.04. The van der Waals surface area contributed by atoms with Gasteiger partial charge in [0.25, 0.3) is 0 Å². The third-order valence-corrected chi connectivity index (χ3v) is 4.66. The maximum atomic E-state index is 11.6. The Bertz CT molecular complexity index is 1140. The van der Waals surface area contributed by atoms with Gasteiger partial charge in [-0.25, -0.2) is 19.2 Å². The zero-order valence-corrected chi connectivity index (χ0v) is 20.5. The lowest BCUT2D eigenvalue weighted by atomic mass is 10.0. The van der Waals surface area contributed by atoms with E-state index >= 15 is 0 Å².